The van der Waals surface area contributed by atoms with Gasteiger partial charge in [-0.2, -0.15) is 0 Å². The monoisotopic (exact) mass is 326 g/mol. The maximum atomic E-state index is 12.1. The lowest BCUT2D eigenvalue weighted by Gasteiger charge is -2.15. The number of ether oxygens (including phenoxy) is 1. The van der Waals surface area contributed by atoms with Crippen LogP contribution in [0.3, 0.4) is 0 Å². The average Bonchev–Trinajstić information content (AvgIpc) is 2.53. The number of nitrogens with one attached hydrogen (secondary N) is 2. The Balaban J connectivity index is 2.26. The summed E-state index contributed by atoms with van der Waals surface area (Å²) >= 11 is 0. The third-order valence-electron chi connectivity index (χ3n) is 2.99. The molecule has 0 aliphatic heterocycles. The van der Waals surface area contributed by atoms with Crippen molar-refractivity contribution in [1.29, 1.82) is 0 Å². The highest BCUT2D eigenvalue weighted by atomic mass is 16.5. The maximum absolute atomic E-state index is 12.1. The van der Waals surface area contributed by atoms with Crippen LogP contribution < -0.4 is 15.4 Å². The number of amides is 1. The van der Waals surface area contributed by atoms with Crippen molar-refractivity contribution in [3.8, 4) is 5.75 Å². The molecule has 0 unspecified atom stereocenters. The third-order valence-corrected chi connectivity index (χ3v) is 2.99. The number of carbonyl (C=O) groups excluding carboxylic acids is 1. The predicted molar refractivity (Wildman–Crippen MR) is 94.8 cm³/mol. The van der Waals surface area contributed by atoms with E-state index >= 15 is 0 Å². The first-order chi connectivity index (χ1) is 11.5. The van der Waals surface area contributed by atoms with Gasteiger partial charge < -0.3 is 15.4 Å². The minimum atomic E-state index is -0.268. The van der Waals surface area contributed by atoms with Crippen LogP contribution in [-0.4, -0.2) is 28.5 Å². The van der Waals surface area contributed by atoms with E-state index in [0.717, 1.165) is 5.69 Å². The standard InChI is InChI=1S/C18H22N4O2/c1-5-10-19-17(23)15-11-13(4)20-18(22-15)21-14-8-6-7-9-16(14)24-12(2)3/h5-9,11-12H,1,10H2,2-4H3,(H,19,23)(H,20,21,22). The first kappa shape index (κ1) is 17.5. The summed E-state index contributed by atoms with van der Waals surface area (Å²) in [7, 11) is 0. The highest BCUT2D eigenvalue weighted by Crippen LogP contribution is 2.27. The molecule has 1 heterocycles. The van der Waals surface area contributed by atoms with Gasteiger partial charge in [0.25, 0.3) is 5.91 Å². The molecule has 0 atom stereocenters. The largest absolute Gasteiger partial charge is 0.489 e. The van der Waals surface area contributed by atoms with Crippen LogP contribution in [0.2, 0.25) is 0 Å². The zero-order chi connectivity index (χ0) is 17.5. The van der Waals surface area contributed by atoms with E-state index in [-0.39, 0.29) is 12.0 Å². The fourth-order valence-corrected chi connectivity index (χ4v) is 2.04. The predicted octanol–water partition coefficient (Wildman–Crippen LogP) is 3.23. The van der Waals surface area contributed by atoms with Crippen molar-refractivity contribution in [2.75, 3.05) is 11.9 Å². The summed E-state index contributed by atoms with van der Waals surface area (Å²) in [6, 6.07) is 9.17. The second-order valence-electron chi connectivity index (χ2n) is 5.50. The van der Waals surface area contributed by atoms with Gasteiger partial charge in [0.15, 0.2) is 0 Å². The van der Waals surface area contributed by atoms with Crippen molar-refractivity contribution in [2.24, 2.45) is 0 Å². The lowest BCUT2D eigenvalue weighted by molar-refractivity contribution is 0.0953. The van der Waals surface area contributed by atoms with Crippen molar-refractivity contribution in [3.63, 3.8) is 0 Å². The van der Waals surface area contributed by atoms with Gasteiger partial charge in [-0.15, -0.1) is 6.58 Å². The van der Waals surface area contributed by atoms with Crippen LogP contribution in [0.1, 0.15) is 30.0 Å². The number of carbonyl (C=O) groups is 1. The first-order valence-corrected chi connectivity index (χ1v) is 7.77. The molecule has 2 rings (SSSR count). The Bertz CT molecular complexity index is 729. The van der Waals surface area contributed by atoms with Gasteiger partial charge in [-0.1, -0.05) is 18.2 Å². The molecule has 0 bridgehead atoms. The van der Waals surface area contributed by atoms with Gasteiger partial charge in [-0.3, -0.25) is 4.79 Å². The molecule has 2 N–H and O–H groups in total. The van der Waals surface area contributed by atoms with E-state index in [1.165, 1.54) is 0 Å². The topological polar surface area (TPSA) is 76.1 Å². The molecule has 24 heavy (non-hydrogen) atoms. The van der Waals surface area contributed by atoms with Crippen molar-refractivity contribution < 1.29 is 9.53 Å². The number of benzene rings is 1. The van der Waals surface area contributed by atoms with E-state index < -0.39 is 0 Å². The summed E-state index contributed by atoms with van der Waals surface area (Å²) in [5.74, 6) is 0.781. The highest BCUT2D eigenvalue weighted by molar-refractivity contribution is 5.92. The normalized spacial score (nSPS) is 10.3. The average molecular weight is 326 g/mol. The number of aryl methyl sites for hydroxylation is 1. The molecule has 0 saturated heterocycles. The number of hydrogen-bond donors (Lipinski definition) is 2. The van der Waals surface area contributed by atoms with Crippen molar-refractivity contribution in [2.45, 2.75) is 26.9 Å². The van der Waals surface area contributed by atoms with E-state index in [1.54, 1.807) is 12.1 Å². The van der Waals surface area contributed by atoms with Gasteiger partial charge in [-0.25, -0.2) is 9.97 Å². The Labute approximate surface area is 142 Å². The molecule has 126 valence electrons. The number of hydrogen-bond acceptors (Lipinski definition) is 5. The summed E-state index contributed by atoms with van der Waals surface area (Å²) < 4.78 is 5.77. The molecule has 0 spiro atoms. The van der Waals surface area contributed by atoms with Gasteiger partial charge >= 0.3 is 0 Å². The Morgan fingerprint density at radius 1 is 1.33 bits per heavy atom. The van der Waals surface area contributed by atoms with E-state index in [2.05, 4.69) is 27.2 Å². The summed E-state index contributed by atoms with van der Waals surface area (Å²) in [5, 5.41) is 5.83. The Hall–Kier alpha value is -2.89. The van der Waals surface area contributed by atoms with Gasteiger partial charge in [0.2, 0.25) is 5.95 Å². The highest BCUT2D eigenvalue weighted by Gasteiger charge is 2.12. The molecular weight excluding hydrogens is 304 g/mol. The SMILES string of the molecule is C=CCNC(=O)c1cc(C)nc(Nc2ccccc2OC(C)C)n1. The minimum Gasteiger partial charge on any atom is -0.489 e. The number of nitrogens with zero attached hydrogens (tertiary/aromatic N) is 2. The van der Waals surface area contributed by atoms with Crippen LogP contribution in [-0.2, 0) is 0 Å². The van der Waals surface area contributed by atoms with Gasteiger partial charge in [0.1, 0.15) is 11.4 Å². The molecule has 0 aliphatic rings. The van der Waals surface area contributed by atoms with Crippen molar-refractivity contribution >= 4 is 17.5 Å². The molecule has 1 aromatic carbocycles. The second kappa shape index (κ2) is 8.10. The zero-order valence-corrected chi connectivity index (χ0v) is 14.2. The van der Waals surface area contributed by atoms with Gasteiger partial charge in [0, 0.05) is 12.2 Å². The van der Waals surface area contributed by atoms with E-state index in [4.69, 9.17) is 4.74 Å². The molecule has 1 aromatic heterocycles. The Morgan fingerprint density at radius 3 is 2.79 bits per heavy atom. The van der Waals surface area contributed by atoms with Crippen molar-refractivity contribution in [1.82, 2.24) is 15.3 Å². The number of rotatable bonds is 7. The smallest absolute Gasteiger partial charge is 0.270 e. The van der Waals surface area contributed by atoms with Crippen LogP contribution in [0.15, 0.2) is 43.0 Å². The molecule has 0 fully saturated rings. The molecule has 0 aliphatic carbocycles. The molecule has 6 heteroatoms. The fraction of sp³-hybridized carbons (Fsp3) is 0.278. The number of aromatic nitrogens is 2. The van der Waals surface area contributed by atoms with E-state index in [9.17, 15) is 4.79 Å². The van der Waals surface area contributed by atoms with Crippen LogP contribution in [0.4, 0.5) is 11.6 Å². The second-order valence-corrected chi connectivity index (χ2v) is 5.50. The van der Waals surface area contributed by atoms with Crippen LogP contribution in [0.5, 0.6) is 5.75 Å². The Morgan fingerprint density at radius 2 is 2.08 bits per heavy atom. The summed E-state index contributed by atoms with van der Waals surface area (Å²) in [4.78, 5) is 20.7. The lowest BCUT2D eigenvalue weighted by Crippen LogP contribution is -2.24. The summed E-state index contributed by atoms with van der Waals surface area (Å²) in [5.41, 5.74) is 1.74. The third kappa shape index (κ3) is 4.81. The number of anilines is 2. The number of para-hydroxylation sites is 2. The Kier molecular flexibility index (Phi) is 5.89. The maximum Gasteiger partial charge on any atom is 0.270 e. The van der Waals surface area contributed by atoms with E-state index in [1.807, 2.05) is 45.0 Å². The fourth-order valence-electron chi connectivity index (χ4n) is 2.04. The minimum absolute atomic E-state index is 0.0478. The van der Waals surface area contributed by atoms with E-state index in [0.29, 0.717) is 29.6 Å². The molecular formula is C18H22N4O2. The summed E-state index contributed by atoms with van der Waals surface area (Å²) in [6.45, 7) is 9.70. The van der Waals surface area contributed by atoms with Crippen LogP contribution in [0, 0.1) is 6.92 Å². The summed E-state index contributed by atoms with van der Waals surface area (Å²) in [6.07, 6.45) is 1.66. The molecule has 1 amide bonds. The van der Waals surface area contributed by atoms with Crippen molar-refractivity contribution in [3.05, 3.63) is 54.4 Å². The first-order valence-electron chi connectivity index (χ1n) is 7.77. The molecule has 0 radical (unpaired) electrons. The molecule has 6 nitrogen and oxygen atoms in total. The molecule has 0 saturated carbocycles. The lowest BCUT2D eigenvalue weighted by atomic mass is 10.3. The van der Waals surface area contributed by atoms with Crippen LogP contribution >= 0.6 is 0 Å². The zero-order valence-electron chi connectivity index (χ0n) is 14.2. The van der Waals surface area contributed by atoms with Crippen LogP contribution in [0.25, 0.3) is 0 Å². The van der Waals surface area contributed by atoms with Gasteiger partial charge in [-0.05, 0) is 39.0 Å². The quantitative estimate of drug-likeness (QED) is 0.764. The van der Waals surface area contributed by atoms with Gasteiger partial charge in [0.05, 0.1) is 11.8 Å². The molecule has 2 aromatic rings.